The van der Waals surface area contributed by atoms with Gasteiger partial charge >= 0.3 is 12.0 Å². The largest absolute Gasteiger partial charge is 0.466 e. The summed E-state index contributed by atoms with van der Waals surface area (Å²) < 4.78 is 4.92. The van der Waals surface area contributed by atoms with Gasteiger partial charge in [0.2, 0.25) is 0 Å². The first-order valence-corrected chi connectivity index (χ1v) is 8.18. The molecule has 0 atom stereocenters. The summed E-state index contributed by atoms with van der Waals surface area (Å²) in [5.74, 6) is -0.131. The molecule has 2 rings (SSSR count). The van der Waals surface area contributed by atoms with Crippen LogP contribution in [-0.4, -0.2) is 61.1 Å². The Morgan fingerprint density at radius 2 is 1.83 bits per heavy atom. The van der Waals surface area contributed by atoms with Crippen LogP contribution in [0.25, 0.3) is 0 Å². The Balaban J connectivity index is 1.65. The van der Waals surface area contributed by atoms with Gasteiger partial charge in [-0.2, -0.15) is 0 Å². The van der Waals surface area contributed by atoms with Crippen molar-refractivity contribution in [1.82, 2.24) is 9.80 Å². The predicted octanol–water partition coefficient (Wildman–Crippen LogP) is 2.18. The molecule has 0 spiro atoms. The molecule has 0 aromatic heterocycles. The fraction of sp³-hybridized carbons (Fsp3) is 0.529. The average molecular weight is 319 g/mol. The molecule has 0 saturated carbocycles. The van der Waals surface area contributed by atoms with E-state index in [1.807, 2.05) is 42.2 Å². The summed E-state index contributed by atoms with van der Waals surface area (Å²) >= 11 is 0. The standard InChI is InChI=1S/C17H25N3O3/c1-2-23-16(21)9-6-10-19-11-13-20(14-12-19)17(22)18-15-7-4-3-5-8-15/h3-5,7-8H,2,6,9-14H2,1H3,(H,18,22). The number of amides is 2. The molecule has 1 aliphatic rings. The number of nitrogens with zero attached hydrogens (tertiary/aromatic N) is 2. The van der Waals surface area contributed by atoms with Crippen LogP contribution in [0.15, 0.2) is 30.3 Å². The van der Waals surface area contributed by atoms with E-state index in [-0.39, 0.29) is 12.0 Å². The maximum atomic E-state index is 12.2. The Morgan fingerprint density at radius 1 is 1.13 bits per heavy atom. The summed E-state index contributed by atoms with van der Waals surface area (Å²) in [7, 11) is 0. The van der Waals surface area contributed by atoms with E-state index in [4.69, 9.17) is 4.74 Å². The van der Waals surface area contributed by atoms with Crippen LogP contribution in [0.2, 0.25) is 0 Å². The van der Waals surface area contributed by atoms with Gasteiger partial charge in [0.1, 0.15) is 0 Å². The van der Waals surface area contributed by atoms with Crippen LogP contribution in [0.5, 0.6) is 0 Å². The van der Waals surface area contributed by atoms with Crippen molar-refractivity contribution in [3.63, 3.8) is 0 Å². The normalized spacial score (nSPS) is 15.3. The summed E-state index contributed by atoms with van der Waals surface area (Å²) in [6, 6.07) is 9.42. The van der Waals surface area contributed by atoms with Crippen molar-refractivity contribution in [2.75, 3.05) is 44.6 Å². The Bertz CT molecular complexity index is 499. The second kappa shape index (κ2) is 9.15. The third kappa shape index (κ3) is 5.90. The average Bonchev–Trinajstić information content (AvgIpc) is 2.56. The smallest absolute Gasteiger partial charge is 0.321 e. The number of anilines is 1. The fourth-order valence-corrected chi connectivity index (χ4v) is 2.58. The van der Waals surface area contributed by atoms with E-state index in [1.54, 1.807) is 0 Å². The van der Waals surface area contributed by atoms with Crippen LogP contribution in [-0.2, 0) is 9.53 Å². The number of urea groups is 1. The van der Waals surface area contributed by atoms with Crippen molar-refractivity contribution >= 4 is 17.7 Å². The Labute approximate surface area is 137 Å². The molecule has 0 aliphatic carbocycles. The van der Waals surface area contributed by atoms with Crippen LogP contribution >= 0.6 is 0 Å². The molecule has 126 valence electrons. The number of carbonyl (C=O) groups excluding carboxylic acids is 2. The maximum absolute atomic E-state index is 12.2. The highest BCUT2D eigenvalue weighted by Crippen LogP contribution is 2.09. The fourth-order valence-electron chi connectivity index (χ4n) is 2.58. The number of ether oxygens (including phenoxy) is 1. The Kier molecular flexibility index (Phi) is 6.87. The van der Waals surface area contributed by atoms with Gasteiger partial charge in [0.05, 0.1) is 6.61 Å². The first-order chi connectivity index (χ1) is 11.2. The molecule has 1 fully saturated rings. The maximum Gasteiger partial charge on any atom is 0.321 e. The third-order valence-electron chi connectivity index (χ3n) is 3.85. The number of piperazine rings is 1. The topological polar surface area (TPSA) is 61.9 Å². The number of nitrogens with one attached hydrogen (secondary N) is 1. The second-order valence-corrected chi connectivity index (χ2v) is 5.53. The summed E-state index contributed by atoms with van der Waals surface area (Å²) in [5, 5.41) is 2.91. The summed E-state index contributed by atoms with van der Waals surface area (Å²) in [4.78, 5) is 27.6. The molecule has 0 radical (unpaired) electrons. The van der Waals surface area contributed by atoms with Crippen molar-refractivity contribution in [3.8, 4) is 0 Å². The van der Waals surface area contributed by atoms with E-state index in [2.05, 4.69) is 10.2 Å². The molecule has 1 aromatic rings. The van der Waals surface area contributed by atoms with Gasteiger partial charge in [0.15, 0.2) is 0 Å². The molecule has 1 heterocycles. The van der Waals surface area contributed by atoms with Gasteiger partial charge in [0.25, 0.3) is 0 Å². The van der Waals surface area contributed by atoms with Crippen LogP contribution in [0.4, 0.5) is 10.5 Å². The molecule has 1 N–H and O–H groups in total. The van der Waals surface area contributed by atoms with Gasteiger partial charge in [-0.15, -0.1) is 0 Å². The Hall–Kier alpha value is -2.08. The molecule has 1 saturated heterocycles. The number of para-hydroxylation sites is 1. The minimum Gasteiger partial charge on any atom is -0.466 e. The first kappa shape index (κ1) is 17.3. The molecule has 0 unspecified atom stereocenters. The monoisotopic (exact) mass is 319 g/mol. The minimum absolute atomic E-state index is 0.0534. The zero-order valence-electron chi connectivity index (χ0n) is 13.7. The van der Waals surface area contributed by atoms with Crippen LogP contribution in [0.3, 0.4) is 0 Å². The summed E-state index contributed by atoms with van der Waals surface area (Å²) in [5.41, 5.74) is 0.814. The van der Waals surface area contributed by atoms with Crippen molar-refractivity contribution in [3.05, 3.63) is 30.3 Å². The number of carbonyl (C=O) groups is 2. The lowest BCUT2D eigenvalue weighted by Gasteiger charge is -2.34. The lowest BCUT2D eigenvalue weighted by atomic mass is 10.2. The van der Waals surface area contributed by atoms with E-state index < -0.39 is 0 Å². The quantitative estimate of drug-likeness (QED) is 0.817. The molecule has 6 nitrogen and oxygen atoms in total. The SMILES string of the molecule is CCOC(=O)CCCN1CCN(C(=O)Nc2ccccc2)CC1. The van der Waals surface area contributed by atoms with E-state index in [0.29, 0.717) is 26.1 Å². The van der Waals surface area contributed by atoms with Crippen LogP contribution in [0, 0.1) is 0 Å². The van der Waals surface area contributed by atoms with Gasteiger partial charge in [-0.25, -0.2) is 4.79 Å². The lowest BCUT2D eigenvalue weighted by Crippen LogP contribution is -2.50. The number of hydrogen-bond donors (Lipinski definition) is 1. The van der Waals surface area contributed by atoms with Gasteiger partial charge in [-0.3, -0.25) is 9.69 Å². The third-order valence-corrected chi connectivity index (χ3v) is 3.85. The van der Waals surface area contributed by atoms with Crippen molar-refractivity contribution in [1.29, 1.82) is 0 Å². The number of benzene rings is 1. The highest BCUT2D eigenvalue weighted by molar-refractivity contribution is 5.89. The predicted molar refractivity (Wildman–Crippen MR) is 89.3 cm³/mol. The molecule has 1 aliphatic heterocycles. The van der Waals surface area contributed by atoms with E-state index in [1.165, 1.54) is 0 Å². The summed E-state index contributed by atoms with van der Waals surface area (Å²) in [6.07, 6.45) is 1.26. The summed E-state index contributed by atoms with van der Waals surface area (Å²) in [6.45, 7) is 6.21. The molecule has 1 aromatic carbocycles. The first-order valence-electron chi connectivity index (χ1n) is 8.18. The van der Waals surface area contributed by atoms with Crippen molar-refractivity contribution in [2.45, 2.75) is 19.8 Å². The van der Waals surface area contributed by atoms with E-state index in [9.17, 15) is 9.59 Å². The number of esters is 1. The molecule has 6 heteroatoms. The molecule has 23 heavy (non-hydrogen) atoms. The van der Waals surface area contributed by atoms with Crippen LogP contribution in [0.1, 0.15) is 19.8 Å². The van der Waals surface area contributed by atoms with E-state index >= 15 is 0 Å². The van der Waals surface area contributed by atoms with Gasteiger partial charge in [0, 0.05) is 38.3 Å². The highest BCUT2D eigenvalue weighted by atomic mass is 16.5. The lowest BCUT2D eigenvalue weighted by molar-refractivity contribution is -0.143. The molecule has 2 amide bonds. The second-order valence-electron chi connectivity index (χ2n) is 5.53. The zero-order chi connectivity index (χ0) is 16.5. The van der Waals surface area contributed by atoms with Gasteiger partial charge in [-0.05, 0) is 32.0 Å². The van der Waals surface area contributed by atoms with Gasteiger partial charge < -0.3 is 15.0 Å². The minimum atomic E-state index is -0.131. The molecular weight excluding hydrogens is 294 g/mol. The zero-order valence-corrected chi connectivity index (χ0v) is 13.7. The van der Waals surface area contributed by atoms with Crippen molar-refractivity contribution in [2.24, 2.45) is 0 Å². The highest BCUT2D eigenvalue weighted by Gasteiger charge is 2.20. The Morgan fingerprint density at radius 3 is 2.48 bits per heavy atom. The molecule has 0 bridgehead atoms. The molecular formula is C17H25N3O3. The number of rotatable bonds is 6. The number of hydrogen-bond acceptors (Lipinski definition) is 4. The van der Waals surface area contributed by atoms with Crippen LogP contribution < -0.4 is 5.32 Å². The van der Waals surface area contributed by atoms with E-state index in [0.717, 1.165) is 31.7 Å². The van der Waals surface area contributed by atoms with Crippen molar-refractivity contribution < 1.29 is 14.3 Å². The van der Waals surface area contributed by atoms with Gasteiger partial charge in [-0.1, -0.05) is 18.2 Å².